The van der Waals surface area contributed by atoms with Gasteiger partial charge in [0.25, 0.3) is 0 Å². The van der Waals surface area contributed by atoms with Gasteiger partial charge in [0.1, 0.15) is 6.54 Å². The molecule has 5 rings (SSSR count). The van der Waals surface area contributed by atoms with Crippen LogP contribution >= 0.6 is 0 Å². The minimum absolute atomic E-state index is 0.00379. The van der Waals surface area contributed by atoms with E-state index >= 15 is 0 Å². The van der Waals surface area contributed by atoms with E-state index in [0.29, 0.717) is 24.9 Å². The molecule has 1 saturated heterocycles. The molecular formula is C28H33N5O2. The number of benzene rings is 2. The predicted octanol–water partition coefficient (Wildman–Crippen LogP) is 4.67. The lowest BCUT2D eigenvalue weighted by Crippen LogP contribution is -2.32. The Morgan fingerprint density at radius 1 is 1.06 bits per heavy atom. The summed E-state index contributed by atoms with van der Waals surface area (Å²) in [4.78, 5) is 15.1. The van der Waals surface area contributed by atoms with Crippen LogP contribution in [0.5, 0.6) is 0 Å². The first-order chi connectivity index (χ1) is 17.2. The first-order valence-electron chi connectivity index (χ1n) is 12.6. The Kier molecular flexibility index (Phi) is 7.23. The van der Waals surface area contributed by atoms with E-state index in [2.05, 4.69) is 39.5 Å². The van der Waals surface area contributed by atoms with Crippen molar-refractivity contribution in [1.29, 1.82) is 0 Å². The molecule has 3 heterocycles. The molecule has 1 N–H and O–H groups in total. The third kappa shape index (κ3) is 5.80. The molecule has 0 saturated carbocycles. The fraction of sp³-hybridized carbons (Fsp3) is 0.393. The highest BCUT2D eigenvalue weighted by atomic mass is 16.4. The molecule has 7 nitrogen and oxygen atoms in total. The van der Waals surface area contributed by atoms with E-state index in [-0.39, 0.29) is 12.5 Å². The van der Waals surface area contributed by atoms with Gasteiger partial charge < -0.3 is 14.3 Å². The summed E-state index contributed by atoms with van der Waals surface area (Å²) in [6.45, 7) is 6.03. The fourth-order valence-electron chi connectivity index (χ4n) is 4.76. The van der Waals surface area contributed by atoms with Crippen LogP contribution < -0.4 is 5.32 Å². The van der Waals surface area contributed by atoms with Crippen molar-refractivity contribution < 1.29 is 9.21 Å². The van der Waals surface area contributed by atoms with Crippen LogP contribution in [0.15, 0.2) is 65.2 Å². The van der Waals surface area contributed by atoms with Gasteiger partial charge in [0.2, 0.25) is 17.7 Å². The molecule has 2 aromatic heterocycles. The van der Waals surface area contributed by atoms with Gasteiger partial charge in [-0.15, -0.1) is 10.2 Å². The number of fused-ring (bicyclic) bond motifs is 1. The standard InChI is InChI=1S/C28H33N5O2/c1-21-13-16-32(17-14-21)20-27-30-31-28(35-27)24-18-33(25-12-6-5-11-23(24)25)19-26(34)29-15-7-10-22-8-3-2-4-9-22/h2-6,8-9,11-12,18,21H,7,10,13-17,19-20H2,1H3,(H,29,34). The fourth-order valence-corrected chi connectivity index (χ4v) is 4.76. The van der Waals surface area contributed by atoms with Gasteiger partial charge in [-0.1, -0.05) is 55.5 Å². The van der Waals surface area contributed by atoms with E-state index in [1.807, 2.05) is 53.2 Å². The van der Waals surface area contributed by atoms with Crippen LogP contribution in [0.3, 0.4) is 0 Å². The van der Waals surface area contributed by atoms with E-state index in [4.69, 9.17) is 4.42 Å². The van der Waals surface area contributed by atoms with Crippen molar-refractivity contribution in [1.82, 2.24) is 25.0 Å². The number of hydrogen-bond donors (Lipinski definition) is 1. The number of amides is 1. The quantitative estimate of drug-likeness (QED) is 0.359. The maximum Gasteiger partial charge on any atom is 0.249 e. The van der Waals surface area contributed by atoms with Gasteiger partial charge in [-0.2, -0.15) is 0 Å². The van der Waals surface area contributed by atoms with E-state index in [9.17, 15) is 4.79 Å². The number of rotatable bonds is 9. The third-order valence-electron chi connectivity index (χ3n) is 6.84. The second-order valence-electron chi connectivity index (χ2n) is 9.59. The summed E-state index contributed by atoms with van der Waals surface area (Å²) in [5.74, 6) is 1.93. The summed E-state index contributed by atoms with van der Waals surface area (Å²) in [6.07, 6.45) is 6.24. The van der Waals surface area contributed by atoms with Crippen molar-refractivity contribution in [2.75, 3.05) is 19.6 Å². The van der Waals surface area contributed by atoms with Crippen LogP contribution in [0.4, 0.5) is 0 Å². The van der Waals surface area contributed by atoms with Crippen molar-refractivity contribution in [2.45, 2.75) is 45.7 Å². The first-order valence-corrected chi connectivity index (χ1v) is 12.6. The molecule has 0 bridgehead atoms. The van der Waals surface area contributed by atoms with Crippen molar-refractivity contribution in [3.8, 4) is 11.5 Å². The molecule has 0 aliphatic carbocycles. The number of carbonyl (C=O) groups excluding carboxylic acids is 1. The second-order valence-corrected chi connectivity index (χ2v) is 9.59. The molecule has 1 aliphatic heterocycles. The molecule has 1 amide bonds. The van der Waals surface area contributed by atoms with Crippen molar-refractivity contribution in [3.63, 3.8) is 0 Å². The SMILES string of the molecule is CC1CCN(Cc2nnc(-c3cn(CC(=O)NCCCc4ccccc4)c4ccccc34)o2)CC1. The van der Waals surface area contributed by atoms with Crippen LogP contribution in [-0.2, 0) is 24.3 Å². The van der Waals surface area contributed by atoms with Gasteiger partial charge in [0.15, 0.2) is 0 Å². The molecule has 0 radical (unpaired) electrons. The van der Waals surface area contributed by atoms with Crippen molar-refractivity contribution >= 4 is 16.8 Å². The highest BCUT2D eigenvalue weighted by molar-refractivity contribution is 5.94. The topological polar surface area (TPSA) is 76.2 Å². The number of carbonyl (C=O) groups is 1. The lowest BCUT2D eigenvalue weighted by molar-refractivity contribution is -0.121. The molecule has 35 heavy (non-hydrogen) atoms. The number of nitrogens with zero attached hydrogens (tertiary/aromatic N) is 4. The zero-order chi connectivity index (χ0) is 24.0. The molecule has 4 aromatic rings. The average Bonchev–Trinajstić information content (AvgIpc) is 3.49. The minimum Gasteiger partial charge on any atom is -0.419 e. The smallest absolute Gasteiger partial charge is 0.249 e. The van der Waals surface area contributed by atoms with Crippen LogP contribution in [0, 0.1) is 5.92 Å². The molecular weight excluding hydrogens is 438 g/mol. The molecule has 0 unspecified atom stereocenters. The molecule has 0 spiro atoms. The summed E-state index contributed by atoms with van der Waals surface area (Å²) in [5.41, 5.74) is 3.13. The number of aromatic nitrogens is 3. The van der Waals surface area contributed by atoms with Gasteiger partial charge in [0, 0.05) is 23.6 Å². The Labute approximate surface area is 206 Å². The van der Waals surface area contributed by atoms with Gasteiger partial charge in [-0.25, -0.2) is 0 Å². The van der Waals surface area contributed by atoms with Crippen LogP contribution in [0.25, 0.3) is 22.4 Å². The maximum atomic E-state index is 12.7. The van der Waals surface area contributed by atoms with E-state index in [0.717, 1.165) is 48.3 Å². The highest BCUT2D eigenvalue weighted by Crippen LogP contribution is 2.30. The predicted molar refractivity (Wildman–Crippen MR) is 137 cm³/mol. The zero-order valence-corrected chi connectivity index (χ0v) is 20.3. The number of likely N-dealkylation sites (tertiary alicyclic amines) is 1. The summed E-state index contributed by atoms with van der Waals surface area (Å²) >= 11 is 0. The second kappa shape index (κ2) is 10.9. The van der Waals surface area contributed by atoms with Crippen molar-refractivity contribution in [2.24, 2.45) is 5.92 Å². The molecule has 2 aromatic carbocycles. The third-order valence-corrected chi connectivity index (χ3v) is 6.84. The number of para-hydroxylation sites is 1. The Morgan fingerprint density at radius 3 is 2.66 bits per heavy atom. The molecule has 182 valence electrons. The number of piperidine rings is 1. The monoisotopic (exact) mass is 471 g/mol. The Morgan fingerprint density at radius 2 is 1.83 bits per heavy atom. The lowest BCUT2D eigenvalue weighted by Gasteiger charge is -2.28. The summed E-state index contributed by atoms with van der Waals surface area (Å²) in [5, 5.41) is 12.7. The highest BCUT2D eigenvalue weighted by Gasteiger charge is 2.20. The van der Waals surface area contributed by atoms with E-state index in [1.54, 1.807) is 0 Å². The van der Waals surface area contributed by atoms with Gasteiger partial charge >= 0.3 is 0 Å². The van der Waals surface area contributed by atoms with Gasteiger partial charge in [0.05, 0.1) is 12.1 Å². The van der Waals surface area contributed by atoms with Crippen LogP contribution in [0.2, 0.25) is 0 Å². The Bertz CT molecular complexity index is 1250. The average molecular weight is 472 g/mol. The molecule has 1 aliphatic rings. The Balaban J connectivity index is 1.23. The molecule has 0 atom stereocenters. The summed E-state index contributed by atoms with van der Waals surface area (Å²) < 4.78 is 8.03. The number of nitrogens with one attached hydrogen (secondary N) is 1. The van der Waals surface area contributed by atoms with Crippen LogP contribution in [0.1, 0.15) is 37.6 Å². The van der Waals surface area contributed by atoms with E-state index in [1.165, 1.54) is 18.4 Å². The van der Waals surface area contributed by atoms with E-state index < -0.39 is 0 Å². The van der Waals surface area contributed by atoms with Crippen LogP contribution in [-0.4, -0.2) is 45.2 Å². The zero-order valence-electron chi connectivity index (χ0n) is 20.3. The van der Waals surface area contributed by atoms with Crippen molar-refractivity contribution in [3.05, 3.63) is 72.2 Å². The normalized spacial score (nSPS) is 15.0. The number of hydrogen-bond acceptors (Lipinski definition) is 5. The maximum absolute atomic E-state index is 12.7. The lowest BCUT2D eigenvalue weighted by atomic mass is 9.99. The van der Waals surface area contributed by atoms with Gasteiger partial charge in [-0.3, -0.25) is 9.69 Å². The molecule has 1 fully saturated rings. The minimum atomic E-state index is -0.00379. The largest absolute Gasteiger partial charge is 0.419 e. The molecule has 7 heteroatoms. The van der Waals surface area contributed by atoms with Gasteiger partial charge in [-0.05, 0) is 56.3 Å². The summed E-state index contributed by atoms with van der Waals surface area (Å²) in [6, 6.07) is 18.4. The Hall–Kier alpha value is -3.45. The first kappa shape index (κ1) is 23.3. The summed E-state index contributed by atoms with van der Waals surface area (Å²) in [7, 11) is 0. The number of aryl methyl sites for hydroxylation is 1.